The molecule has 0 radical (unpaired) electrons. The topological polar surface area (TPSA) is 107 Å². The number of hydrogen-bond donors (Lipinski definition) is 2. The lowest BCUT2D eigenvalue weighted by atomic mass is 10.1. The smallest absolute Gasteiger partial charge is 0.333 e. The normalized spacial score (nSPS) is 10.9. The Labute approximate surface area is 195 Å². The molecule has 0 bridgehead atoms. The average molecular weight is 463 g/mol. The highest BCUT2D eigenvalue weighted by atomic mass is 16.5. The SMILES string of the molecule is COc1ccc(CCNC(=O)c2cn(C)c3c(=O)n(-c4ccc(C)cc4)c(=O)[nH]c23)cc1OC. The van der Waals surface area contributed by atoms with Gasteiger partial charge in [-0.2, -0.15) is 0 Å². The Hall–Kier alpha value is -4.27. The third kappa shape index (κ3) is 4.19. The summed E-state index contributed by atoms with van der Waals surface area (Å²) < 4.78 is 13.2. The van der Waals surface area contributed by atoms with E-state index < -0.39 is 11.2 Å². The minimum Gasteiger partial charge on any atom is -0.493 e. The number of rotatable bonds is 7. The van der Waals surface area contributed by atoms with Crippen molar-refractivity contribution in [2.24, 2.45) is 7.05 Å². The molecule has 4 aromatic rings. The molecule has 2 N–H and O–H groups in total. The highest BCUT2D eigenvalue weighted by Crippen LogP contribution is 2.27. The summed E-state index contributed by atoms with van der Waals surface area (Å²) in [6, 6.07) is 12.6. The number of nitrogens with one attached hydrogen (secondary N) is 2. The van der Waals surface area contributed by atoms with Crippen molar-refractivity contribution < 1.29 is 14.3 Å². The summed E-state index contributed by atoms with van der Waals surface area (Å²) in [7, 11) is 4.81. The van der Waals surface area contributed by atoms with Gasteiger partial charge in [0.2, 0.25) is 0 Å². The number of carbonyl (C=O) groups is 1. The second-order valence-corrected chi connectivity index (χ2v) is 7.98. The average Bonchev–Trinajstić information content (AvgIpc) is 3.16. The number of benzene rings is 2. The largest absolute Gasteiger partial charge is 0.493 e. The first-order valence-electron chi connectivity index (χ1n) is 10.7. The summed E-state index contributed by atoms with van der Waals surface area (Å²) in [4.78, 5) is 41.6. The van der Waals surface area contributed by atoms with Crippen LogP contribution in [-0.4, -0.2) is 40.8 Å². The van der Waals surface area contributed by atoms with Crippen LogP contribution < -0.4 is 26.0 Å². The molecule has 0 aliphatic heterocycles. The second kappa shape index (κ2) is 9.30. The minimum atomic E-state index is -0.605. The number of aryl methyl sites for hydroxylation is 2. The van der Waals surface area contributed by atoms with Gasteiger partial charge in [0.05, 0.1) is 31.0 Å². The van der Waals surface area contributed by atoms with Gasteiger partial charge in [0, 0.05) is 19.8 Å². The Morgan fingerprint density at radius 3 is 2.41 bits per heavy atom. The first kappa shape index (κ1) is 22.9. The fraction of sp³-hybridized carbons (Fsp3) is 0.240. The molecule has 0 aliphatic carbocycles. The zero-order chi connectivity index (χ0) is 24.4. The van der Waals surface area contributed by atoms with Crippen molar-refractivity contribution in [1.82, 2.24) is 19.4 Å². The van der Waals surface area contributed by atoms with E-state index in [0.29, 0.717) is 30.2 Å². The summed E-state index contributed by atoms with van der Waals surface area (Å²) >= 11 is 0. The number of aromatic nitrogens is 3. The van der Waals surface area contributed by atoms with Crippen molar-refractivity contribution in [3.05, 3.63) is 86.2 Å². The maximum atomic E-state index is 13.2. The summed E-state index contributed by atoms with van der Waals surface area (Å²) in [5, 5.41) is 2.86. The molecule has 4 rings (SSSR count). The highest BCUT2D eigenvalue weighted by molar-refractivity contribution is 6.05. The Kier molecular flexibility index (Phi) is 6.27. The highest BCUT2D eigenvalue weighted by Gasteiger charge is 2.20. The van der Waals surface area contributed by atoms with Gasteiger partial charge in [-0.15, -0.1) is 0 Å². The molecular weight excluding hydrogens is 436 g/mol. The Balaban J connectivity index is 1.59. The van der Waals surface area contributed by atoms with Crippen molar-refractivity contribution in [2.75, 3.05) is 20.8 Å². The number of methoxy groups -OCH3 is 2. The van der Waals surface area contributed by atoms with E-state index in [4.69, 9.17) is 9.47 Å². The van der Waals surface area contributed by atoms with E-state index in [-0.39, 0.29) is 22.5 Å². The third-order valence-electron chi connectivity index (χ3n) is 5.71. The van der Waals surface area contributed by atoms with E-state index in [0.717, 1.165) is 15.7 Å². The summed E-state index contributed by atoms with van der Waals surface area (Å²) in [6.45, 7) is 2.28. The van der Waals surface area contributed by atoms with Crippen LogP contribution in [0.15, 0.2) is 58.3 Å². The van der Waals surface area contributed by atoms with Crippen LogP contribution in [0.4, 0.5) is 0 Å². The molecule has 2 aromatic heterocycles. The fourth-order valence-corrected chi connectivity index (χ4v) is 3.92. The number of ether oxygens (including phenoxy) is 2. The van der Waals surface area contributed by atoms with Crippen LogP contribution in [0.1, 0.15) is 21.5 Å². The number of fused-ring (bicyclic) bond motifs is 1. The number of H-pyrrole nitrogens is 1. The lowest BCUT2D eigenvalue weighted by Crippen LogP contribution is -2.34. The predicted octanol–water partition coefficient (Wildman–Crippen LogP) is 2.32. The quantitative estimate of drug-likeness (QED) is 0.438. The maximum absolute atomic E-state index is 13.2. The maximum Gasteiger partial charge on any atom is 0.333 e. The monoisotopic (exact) mass is 462 g/mol. The molecule has 2 heterocycles. The molecule has 176 valence electrons. The predicted molar refractivity (Wildman–Crippen MR) is 129 cm³/mol. The molecule has 0 aliphatic rings. The molecule has 0 spiro atoms. The van der Waals surface area contributed by atoms with E-state index in [1.54, 1.807) is 44.2 Å². The van der Waals surface area contributed by atoms with Crippen molar-refractivity contribution in [3.63, 3.8) is 0 Å². The number of amides is 1. The molecule has 0 atom stereocenters. The van der Waals surface area contributed by atoms with Crippen LogP contribution in [0, 0.1) is 6.92 Å². The van der Waals surface area contributed by atoms with E-state index in [1.807, 2.05) is 37.3 Å². The first-order valence-corrected chi connectivity index (χ1v) is 10.7. The van der Waals surface area contributed by atoms with Crippen LogP contribution >= 0.6 is 0 Å². The first-order chi connectivity index (χ1) is 16.3. The van der Waals surface area contributed by atoms with Crippen molar-refractivity contribution >= 4 is 16.9 Å². The van der Waals surface area contributed by atoms with Crippen molar-refractivity contribution in [2.45, 2.75) is 13.3 Å². The van der Waals surface area contributed by atoms with Gasteiger partial charge in [0.1, 0.15) is 5.52 Å². The summed E-state index contributed by atoms with van der Waals surface area (Å²) in [5.41, 5.74) is 2.03. The Morgan fingerprint density at radius 2 is 1.74 bits per heavy atom. The molecular formula is C25H26N4O5. The number of nitrogens with zero attached hydrogens (tertiary/aromatic N) is 2. The van der Waals surface area contributed by atoms with Gasteiger partial charge in [0.15, 0.2) is 11.5 Å². The number of carbonyl (C=O) groups excluding carboxylic acids is 1. The number of hydrogen-bond acceptors (Lipinski definition) is 5. The van der Waals surface area contributed by atoms with Crippen LogP contribution in [0.25, 0.3) is 16.7 Å². The lowest BCUT2D eigenvalue weighted by molar-refractivity contribution is 0.0955. The van der Waals surface area contributed by atoms with E-state index in [1.165, 1.54) is 0 Å². The Morgan fingerprint density at radius 1 is 1.03 bits per heavy atom. The van der Waals surface area contributed by atoms with Crippen molar-refractivity contribution in [1.29, 1.82) is 0 Å². The van der Waals surface area contributed by atoms with Gasteiger partial charge in [-0.25, -0.2) is 9.36 Å². The lowest BCUT2D eigenvalue weighted by Gasteiger charge is -2.10. The zero-order valence-electron chi connectivity index (χ0n) is 19.5. The van der Waals surface area contributed by atoms with Gasteiger partial charge < -0.3 is 24.3 Å². The molecule has 9 nitrogen and oxygen atoms in total. The molecule has 2 aromatic carbocycles. The molecule has 9 heteroatoms. The number of aromatic amines is 1. The van der Waals surface area contributed by atoms with E-state index in [2.05, 4.69) is 10.3 Å². The fourth-order valence-electron chi connectivity index (χ4n) is 3.92. The van der Waals surface area contributed by atoms with Gasteiger partial charge in [-0.1, -0.05) is 23.8 Å². The van der Waals surface area contributed by atoms with E-state index >= 15 is 0 Å². The molecule has 34 heavy (non-hydrogen) atoms. The van der Waals surface area contributed by atoms with Gasteiger partial charge in [-0.05, 0) is 43.2 Å². The summed E-state index contributed by atoms with van der Waals surface area (Å²) in [6.07, 6.45) is 2.11. The minimum absolute atomic E-state index is 0.212. The molecule has 1 amide bonds. The van der Waals surface area contributed by atoms with Crippen LogP contribution in [-0.2, 0) is 13.5 Å². The molecule has 0 fully saturated rings. The van der Waals surface area contributed by atoms with Crippen LogP contribution in [0.2, 0.25) is 0 Å². The van der Waals surface area contributed by atoms with E-state index in [9.17, 15) is 14.4 Å². The van der Waals surface area contributed by atoms with Crippen LogP contribution in [0.3, 0.4) is 0 Å². The second-order valence-electron chi connectivity index (χ2n) is 7.98. The third-order valence-corrected chi connectivity index (χ3v) is 5.71. The zero-order valence-corrected chi connectivity index (χ0v) is 19.5. The molecule has 0 unspecified atom stereocenters. The van der Waals surface area contributed by atoms with Crippen LogP contribution in [0.5, 0.6) is 11.5 Å². The standard InChI is InChI=1S/C25H26N4O5/c1-15-5-8-17(9-6-15)29-24(31)22-21(27-25(29)32)18(14-28(22)2)23(30)26-12-11-16-7-10-19(33-3)20(13-16)34-4/h5-10,13-14H,11-12H2,1-4H3,(H,26,30)(H,27,32). The van der Waals surface area contributed by atoms with Gasteiger partial charge >= 0.3 is 5.69 Å². The molecule has 0 saturated heterocycles. The Bertz CT molecular complexity index is 1480. The molecule has 0 saturated carbocycles. The van der Waals surface area contributed by atoms with Gasteiger partial charge in [0.25, 0.3) is 11.5 Å². The van der Waals surface area contributed by atoms with Crippen molar-refractivity contribution in [3.8, 4) is 17.2 Å². The summed E-state index contributed by atoms with van der Waals surface area (Å²) in [5.74, 6) is 0.864. The van der Waals surface area contributed by atoms with Gasteiger partial charge in [-0.3, -0.25) is 9.59 Å².